The molecule has 0 radical (unpaired) electrons. The minimum atomic E-state index is 0.200. The lowest BCUT2D eigenvalue weighted by molar-refractivity contribution is -0.00922. The fourth-order valence-electron chi connectivity index (χ4n) is 3.28. The van der Waals surface area contributed by atoms with Gasteiger partial charge in [-0.2, -0.15) is 11.8 Å². The Labute approximate surface area is 133 Å². The first-order chi connectivity index (χ1) is 10.9. The second-order valence-electron chi connectivity index (χ2n) is 5.80. The van der Waals surface area contributed by atoms with Crippen LogP contribution in [0.15, 0.2) is 12.7 Å². The Hall–Kier alpha value is -1.38. The standard InChI is InChI=1S/C14H20N6OS/c1-6-22-8-14(1,20-2-4-21-5-3-20)7-15-12-11-13(17-9-16-11)19-10-18-12/h9-10H,1-8H2,(H2,15,16,17,18,19)/t14-/m1/s1. The lowest BCUT2D eigenvalue weighted by Gasteiger charge is -2.43. The van der Waals surface area contributed by atoms with E-state index in [0.29, 0.717) is 5.65 Å². The number of imidazole rings is 1. The van der Waals surface area contributed by atoms with Gasteiger partial charge in [-0.1, -0.05) is 0 Å². The van der Waals surface area contributed by atoms with Gasteiger partial charge in [0.2, 0.25) is 0 Å². The Morgan fingerprint density at radius 3 is 3.05 bits per heavy atom. The maximum atomic E-state index is 5.51. The molecule has 0 unspecified atom stereocenters. The van der Waals surface area contributed by atoms with Crippen molar-refractivity contribution >= 4 is 28.7 Å². The summed E-state index contributed by atoms with van der Waals surface area (Å²) in [4.78, 5) is 18.4. The van der Waals surface area contributed by atoms with Gasteiger partial charge in [-0.05, 0) is 12.2 Å². The Balaban J connectivity index is 1.53. The minimum Gasteiger partial charge on any atom is -0.379 e. The molecule has 1 atom stereocenters. The van der Waals surface area contributed by atoms with Crippen molar-refractivity contribution < 1.29 is 4.74 Å². The normalized spacial score (nSPS) is 26.5. The molecule has 2 aliphatic rings. The number of H-pyrrole nitrogens is 1. The molecule has 8 heteroatoms. The van der Waals surface area contributed by atoms with E-state index in [1.165, 1.54) is 12.2 Å². The van der Waals surface area contributed by atoms with Gasteiger partial charge in [0, 0.05) is 30.9 Å². The largest absolute Gasteiger partial charge is 0.379 e. The lowest BCUT2D eigenvalue weighted by Crippen LogP contribution is -2.57. The van der Waals surface area contributed by atoms with Crippen molar-refractivity contribution in [2.45, 2.75) is 12.0 Å². The number of nitrogens with zero attached hydrogens (tertiary/aromatic N) is 4. The van der Waals surface area contributed by atoms with E-state index in [9.17, 15) is 0 Å². The zero-order chi connectivity index (χ0) is 14.8. The van der Waals surface area contributed by atoms with Gasteiger partial charge in [-0.25, -0.2) is 15.0 Å². The highest BCUT2D eigenvalue weighted by atomic mass is 32.2. The molecule has 4 heterocycles. The van der Waals surface area contributed by atoms with Crippen molar-refractivity contribution in [3.8, 4) is 0 Å². The highest BCUT2D eigenvalue weighted by Crippen LogP contribution is 2.34. The Bertz CT molecular complexity index is 635. The molecule has 4 rings (SSSR count). The fourth-order valence-corrected chi connectivity index (χ4v) is 4.76. The number of hydrogen-bond donors (Lipinski definition) is 2. The zero-order valence-corrected chi connectivity index (χ0v) is 13.2. The average molecular weight is 320 g/mol. The van der Waals surface area contributed by atoms with Gasteiger partial charge in [0.25, 0.3) is 0 Å². The first-order valence-electron chi connectivity index (χ1n) is 7.66. The van der Waals surface area contributed by atoms with Crippen LogP contribution in [-0.2, 0) is 4.74 Å². The summed E-state index contributed by atoms with van der Waals surface area (Å²) in [5.74, 6) is 3.23. The molecule has 2 aliphatic heterocycles. The van der Waals surface area contributed by atoms with Crippen molar-refractivity contribution in [2.24, 2.45) is 0 Å². The summed E-state index contributed by atoms with van der Waals surface area (Å²) in [6, 6.07) is 0. The quantitative estimate of drug-likeness (QED) is 0.869. The van der Waals surface area contributed by atoms with Crippen molar-refractivity contribution in [2.75, 3.05) is 49.7 Å². The third-order valence-electron chi connectivity index (χ3n) is 4.57. The third kappa shape index (κ3) is 2.55. The van der Waals surface area contributed by atoms with Crippen LogP contribution in [0.5, 0.6) is 0 Å². The van der Waals surface area contributed by atoms with Gasteiger partial charge >= 0.3 is 0 Å². The monoisotopic (exact) mass is 320 g/mol. The molecule has 118 valence electrons. The number of fused-ring (bicyclic) bond motifs is 1. The van der Waals surface area contributed by atoms with Crippen LogP contribution < -0.4 is 5.32 Å². The summed E-state index contributed by atoms with van der Waals surface area (Å²) in [5, 5.41) is 3.54. The van der Waals surface area contributed by atoms with Gasteiger partial charge in [-0.15, -0.1) is 0 Å². The summed E-state index contributed by atoms with van der Waals surface area (Å²) in [5.41, 5.74) is 1.79. The molecule has 0 bridgehead atoms. The van der Waals surface area contributed by atoms with Gasteiger partial charge in [0.1, 0.15) is 11.8 Å². The molecule has 2 aromatic rings. The van der Waals surface area contributed by atoms with Crippen LogP contribution in [0.1, 0.15) is 6.42 Å². The van der Waals surface area contributed by atoms with E-state index in [-0.39, 0.29) is 5.54 Å². The van der Waals surface area contributed by atoms with Crippen LogP contribution in [0, 0.1) is 0 Å². The number of aromatic nitrogens is 4. The molecule has 0 saturated carbocycles. The van der Waals surface area contributed by atoms with Gasteiger partial charge in [0.15, 0.2) is 11.5 Å². The number of nitrogens with one attached hydrogen (secondary N) is 2. The van der Waals surface area contributed by atoms with Crippen LogP contribution in [0.25, 0.3) is 11.2 Å². The van der Waals surface area contributed by atoms with E-state index in [4.69, 9.17) is 4.74 Å². The van der Waals surface area contributed by atoms with Gasteiger partial charge < -0.3 is 15.0 Å². The average Bonchev–Trinajstić information content (AvgIpc) is 3.24. The summed E-state index contributed by atoms with van der Waals surface area (Å²) in [7, 11) is 0. The number of aromatic amines is 1. The van der Waals surface area contributed by atoms with E-state index in [0.717, 1.165) is 49.9 Å². The second-order valence-corrected chi connectivity index (χ2v) is 6.91. The highest BCUT2D eigenvalue weighted by molar-refractivity contribution is 7.99. The summed E-state index contributed by atoms with van der Waals surface area (Å²) >= 11 is 2.04. The van der Waals surface area contributed by atoms with Gasteiger partial charge in [0.05, 0.1) is 19.5 Å². The number of hydrogen-bond acceptors (Lipinski definition) is 7. The summed E-state index contributed by atoms with van der Waals surface area (Å²) in [6.07, 6.45) is 4.44. The maximum Gasteiger partial charge on any atom is 0.182 e. The van der Waals surface area contributed by atoms with Crippen LogP contribution >= 0.6 is 11.8 Å². The molecular formula is C14H20N6OS. The number of rotatable bonds is 4. The Morgan fingerprint density at radius 1 is 1.32 bits per heavy atom. The molecular weight excluding hydrogens is 300 g/mol. The molecule has 2 aromatic heterocycles. The fraction of sp³-hybridized carbons (Fsp3) is 0.643. The first kappa shape index (κ1) is 14.2. The first-order valence-corrected chi connectivity index (χ1v) is 8.81. The summed E-state index contributed by atoms with van der Waals surface area (Å²) < 4.78 is 5.51. The predicted molar refractivity (Wildman–Crippen MR) is 87.2 cm³/mol. The third-order valence-corrected chi connectivity index (χ3v) is 5.81. The van der Waals surface area contributed by atoms with Crippen molar-refractivity contribution in [1.82, 2.24) is 24.8 Å². The summed E-state index contributed by atoms with van der Waals surface area (Å²) in [6.45, 7) is 4.61. The number of anilines is 1. The van der Waals surface area contributed by atoms with E-state index >= 15 is 0 Å². The van der Waals surface area contributed by atoms with E-state index in [1.807, 2.05) is 11.8 Å². The second kappa shape index (κ2) is 6.02. The molecule has 0 aromatic carbocycles. The van der Waals surface area contributed by atoms with E-state index in [1.54, 1.807) is 12.7 Å². The molecule has 0 amide bonds. The topological polar surface area (TPSA) is 79.0 Å². The maximum absolute atomic E-state index is 5.51. The van der Waals surface area contributed by atoms with Gasteiger partial charge in [-0.3, -0.25) is 4.90 Å². The zero-order valence-electron chi connectivity index (χ0n) is 12.4. The number of ether oxygens (including phenoxy) is 1. The molecule has 2 N–H and O–H groups in total. The van der Waals surface area contributed by atoms with Crippen LogP contribution in [-0.4, -0.2) is 74.7 Å². The minimum absolute atomic E-state index is 0.200. The van der Waals surface area contributed by atoms with Crippen molar-refractivity contribution in [3.63, 3.8) is 0 Å². The molecule has 2 saturated heterocycles. The highest BCUT2D eigenvalue weighted by Gasteiger charge is 2.40. The van der Waals surface area contributed by atoms with Crippen LogP contribution in [0.3, 0.4) is 0 Å². The Morgan fingerprint density at radius 2 is 2.23 bits per heavy atom. The molecule has 0 aliphatic carbocycles. The number of thioether (sulfide) groups is 1. The van der Waals surface area contributed by atoms with Crippen LogP contribution in [0.2, 0.25) is 0 Å². The number of morpholine rings is 1. The lowest BCUT2D eigenvalue weighted by atomic mass is 9.95. The Kier molecular flexibility index (Phi) is 3.89. The van der Waals surface area contributed by atoms with Crippen molar-refractivity contribution in [3.05, 3.63) is 12.7 Å². The van der Waals surface area contributed by atoms with E-state index < -0.39 is 0 Å². The molecule has 0 spiro atoms. The predicted octanol–water partition coefficient (Wildman–Crippen LogP) is 0.973. The molecule has 7 nitrogen and oxygen atoms in total. The van der Waals surface area contributed by atoms with Crippen molar-refractivity contribution in [1.29, 1.82) is 0 Å². The SMILES string of the molecule is c1nc(NC[C@]2(N3CCOCC3)CCSC2)c2[nH]cnc2n1. The van der Waals surface area contributed by atoms with Crippen LogP contribution in [0.4, 0.5) is 5.82 Å². The van der Waals surface area contributed by atoms with E-state index in [2.05, 4.69) is 30.2 Å². The smallest absolute Gasteiger partial charge is 0.182 e. The molecule has 22 heavy (non-hydrogen) atoms. The molecule has 2 fully saturated rings.